The summed E-state index contributed by atoms with van der Waals surface area (Å²) in [6, 6.07) is 0. The van der Waals surface area contributed by atoms with Crippen LogP contribution in [0.4, 0.5) is 0 Å². The highest BCUT2D eigenvalue weighted by molar-refractivity contribution is 5.87. The highest BCUT2D eigenvalue weighted by Gasteiger charge is 2.58. The lowest BCUT2D eigenvalue weighted by atomic mass is 9.55. The number of ether oxygens (including phenoxy) is 1. The van der Waals surface area contributed by atoms with Gasteiger partial charge in [-0.05, 0) is 36.2 Å². The average Bonchev–Trinajstić information content (AvgIpc) is 2.58. The molecule has 0 saturated heterocycles. The first-order chi connectivity index (χ1) is 8.74. The van der Waals surface area contributed by atoms with Crippen molar-refractivity contribution in [3.63, 3.8) is 0 Å². The first-order valence-corrected chi connectivity index (χ1v) is 6.78. The Balaban J connectivity index is 2.07. The second-order valence-corrected chi connectivity index (χ2v) is 6.62. The molecule has 104 valence electrons. The molecular weight excluding hydrogens is 244 g/mol. The Labute approximate surface area is 112 Å². The monoisotopic (exact) mass is 264 g/mol. The maximum absolute atomic E-state index is 11.5. The first kappa shape index (κ1) is 12.9. The number of aliphatic hydroxyl groups is 2. The standard InChI is InChI=1S/C15H20O4/c1-8-4-9-7-15(18)12(6-13(17)19-15)14(2,3)10(9)5-11(8)16/h4,6,9-11,16,18H,5,7H2,1-3H3/t9-,10-,11+,15+/m1/s1. The minimum absolute atomic E-state index is 0.131. The van der Waals surface area contributed by atoms with Crippen LogP contribution in [-0.2, 0) is 9.53 Å². The summed E-state index contributed by atoms with van der Waals surface area (Å²) in [4.78, 5) is 11.5. The molecule has 1 fully saturated rings. The summed E-state index contributed by atoms with van der Waals surface area (Å²) in [5, 5.41) is 20.7. The molecular formula is C15H20O4. The Hall–Kier alpha value is -1.13. The van der Waals surface area contributed by atoms with Crippen LogP contribution in [0.3, 0.4) is 0 Å². The van der Waals surface area contributed by atoms with E-state index in [1.165, 1.54) is 6.08 Å². The number of rotatable bonds is 0. The third kappa shape index (κ3) is 1.70. The third-order valence-corrected chi connectivity index (χ3v) is 5.08. The largest absolute Gasteiger partial charge is 0.426 e. The Morgan fingerprint density at radius 3 is 2.79 bits per heavy atom. The van der Waals surface area contributed by atoms with Gasteiger partial charge in [0.1, 0.15) is 0 Å². The second kappa shape index (κ2) is 3.70. The number of hydrogen-bond acceptors (Lipinski definition) is 4. The molecule has 1 aliphatic heterocycles. The lowest BCUT2D eigenvalue weighted by Gasteiger charge is -2.51. The van der Waals surface area contributed by atoms with Crippen LogP contribution in [-0.4, -0.2) is 28.1 Å². The van der Waals surface area contributed by atoms with Crippen LogP contribution in [0.5, 0.6) is 0 Å². The van der Waals surface area contributed by atoms with E-state index in [0.717, 1.165) is 5.57 Å². The molecule has 4 nitrogen and oxygen atoms in total. The van der Waals surface area contributed by atoms with Crippen molar-refractivity contribution in [2.75, 3.05) is 0 Å². The van der Waals surface area contributed by atoms with Crippen LogP contribution in [0, 0.1) is 17.3 Å². The van der Waals surface area contributed by atoms with Gasteiger partial charge in [0.05, 0.1) is 6.10 Å². The van der Waals surface area contributed by atoms with Crippen LogP contribution < -0.4 is 0 Å². The van der Waals surface area contributed by atoms with Crippen molar-refractivity contribution in [1.29, 1.82) is 0 Å². The quantitative estimate of drug-likeness (QED) is 0.514. The van der Waals surface area contributed by atoms with Crippen molar-refractivity contribution in [2.24, 2.45) is 17.3 Å². The molecule has 4 heteroatoms. The van der Waals surface area contributed by atoms with Crippen molar-refractivity contribution in [2.45, 2.75) is 45.5 Å². The predicted molar refractivity (Wildman–Crippen MR) is 68.9 cm³/mol. The van der Waals surface area contributed by atoms with Crippen LogP contribution in [0.25, 0.3) is 0 Å². The van der Waals surface area contributed by atoms with Crippen molar-refractivity contribution in [3.05, 3.63) is 23.3 Å². The number of carbonyl (C=O) groups is 1. The lowest BCUT2D eigenvalue weighted by molar-refractivity contribution is -0.202. The van der Waals surface area contributed by atoms with E-state index >= 15 is 0 Å². The number of fused-ring (bicyclic) bond motifs is 2. The Morgan fingerprint density at radius 1 is 1.42 bits per heavy atom. The molecule has 4 atom stereocenters. The zero-order chi connectivity index (χ0) is 14.0. The van der Waals surface area contributed by atoms with Crippen molar-refractivity contribution in [1.82, 2.24) is 0 Å². The summed E-state index contributed by atoms with van der Waals surface area (Å²) >= 11 is 0. The van der Waals surface area contributed by atoms with Crippen LogP contribution >= 0.6 is 0 Å². The van der Waals surface area contributed by atoms with Crippen LogP contribution in [0.15, 0.2) is 23.3 Å². The van der Waals surface area contributed by atoms with Gasteiger partial charge in [-0.3, -0.25) is 0 Å². The molecule has 0 aromatic heterocycles. The van der Waals surface area contributed by atoms with Gasteiger partial charge in [0.15, 0.2) is 0 Å². The summed E-state index contributed by atoms with van der Waals surface area (Å²) in [5.74, 6) is -1.58. The molecule has 2 aliphatic carbocycles. The molecule has 2 N–H and O–H groups in total. The Morgan fingerprint density at radius 2 is 2.11 bits per heavy atom. The fourth-order valence-corrected chi connectivity index (χ4v) is 4.04. The summed E-state index contributed by atoms with van der Waals surface area (Å²) in [6.07, 6.45) is 4.09. The van der Waals surface area contributed by atoms with Gasteiger partial charge in [0, 0.05) is 18.1 Å². The molecule has 0 aromatic carbocycles. The molecule has 0 bridgehead atoms. The summed E-state index contributed by atoms with van der Waals surface area (Å²) in [7, 11) is 0. The van der Waals surface area contributed by atoms with E-state index in [1.807, 2.05) is 26.8 Å². The molecule has 0 spiro atoms. The fraction of sp³-hybridized carbons (Fsp3) is 0.667. The highest BCUT2D eigenvalue weighted by atomic mass is 16.7. The number of aliphatic hydroxyl groups excluding tert-OH is 1. The zero-order valence-electron chi connectivity index (χ0n) is 11.5. The van der Waals surface area contributed by atoms with Gasteiger partial charge in [0.2, 0.25) is 5.79 Å². The summed E-state index contributed by atoms with van der Waals surface area (Å²) < 4.78 is 5.13. The summed E-state index contributed by atoms with van der Waals surface area (Å²) in [5.41, 5.74) is 1.24. The van der Waals surface area contributed by atoms with Crippen molar-refractivity contribution >= 4 is 5.97 Å². The van der Waals surface area contributed by atoms with Crippen molar-refractivity contribution < 1.29 is 19.7 Å². The normalized spacial score (nSPS) is 43.8. The average molecular weight is 264 g/mol. The Bertz CT molecular complexity index is 502. The predicted octanol–water partition coefficient (Wildman–Crippen LogP) is 1.53. The van der Waals surface area contributed by atoms with Crippen LogP contribution in [0.2, 0.25) is 0 Å². The minimum Gasteiger partial charge on any atom is -0.426 e. The van der Waals surface area contributed by atoms with Gasteiger partial charge in [0.25, 0.3) is 0 Å². The molecule has 1 heterocycles. The lowest BCUT2D eigenvalue weighted by Crippen LogP contribution is -2.51. The van der Waals surface area contributed by atoms with Gasteiger partial charge < -0.3 is 14.9 Å². The van der Waals surface area contributed by atoms with E-state index in [2.05, 4.69) is 0 Å². The van der Waals surface area contributed by atoms with Gasteiger partial charge >= 0.3 is 5.97 Å². The topological polar surface area (TPSA) is 66.8 Å². The SMILES string of the molecule is CC1=C[C@@H]2C[C@]3(O)OC(=O)C=C3C(C)(C)[C@@H]2C[C@@H]1O. The van der Waals surface area contributed by atoms with E-state index in [1.54, 1.807) is 0 Å². The maximum atomic E-state index is 11.5. The molecule has 19 heavy (non-hydrogen) atoms. The molecule has 3 rings (SSSR count). The van der Waals surface area contributed by atoms with E-state index < -0.39 is 17.9 Å². The van der Waals surface area contributed by atoms with Gasteiger partial charge in [-0.1, -0.05) is 19.9 Å². The van der Waals surface area contributed by atoms with Crippen molar-refractivity contribution in [3.8, 4) is 0 Å². The third-order valence-electron chi connectivity index (χ3n) is 5.08. The zero-order valence-corrected chi connectivity index (χ0v) is 11.5. The molecule has 0 amide bonds. The smallest absolute Gasteiger partial charge is 0.333 e. The van der Waals surface area contributed by atoms with E-state index in [0.29, 0.717) is 18.4 Å². The second-order valence-electron chi connectivity index (χ2n) is 6.62. The van der Waals surface area contributed by atoms with E-state index in [4.69, 9.17) is 4.74 Å². The van der Waals surface area contributed by atoms with Crippen LogP contribution in [0.1, 0.15) is 33.6 Å². The number of esters is 1. The fourth-order valence-electron chi connectivity index (χ4n) is 4.04. The molecule has 0 aromatic rings. The number of carbonyl (C=O) groups excluding carboxylic acids is 1. The van der Waals surface area contributed by atoms with Gasteiger partial charge in [-0.25, -0.2) is 4.79 Å². The highest BCUT2D eigenvalue weighted by Crippen LogP contribution is 2.57. The molecule has 0 unspecified atom stereocenters. The van der Waals surface area contributed by atoms with Gasteiger partial charge in [-0.2, -0.15) is 0 Å². The number of hydrogen-bond donors (Lipinski definition) is 2. The molecule has 1 saturated carbocycles. The summed E-state index contributed by atoms with van der Waals surface area (Å²) in [6.45, 7) is 5.94. The van der Waals surface area contributed by atoms with Gasteiger partial charge in [-0.15, -0.1) is 0 Å². The Kier molecular flexibility index (Phi) is 2.51. The molecule has 3 aliphatic rings. The number of allylic oxidation sites excluding steroid dienone is 1. The maximum Gasteiger partial charge on any atom is 0.333 e. The molecule has 0 radical (unpaired) electrons. The first-order valence-electron chi connectivity index (χ1n) is 6.78. The van der Waals surface area contributed by atoms with E-state index in [9.17, 15) is 15.0 Å². The minimum atomic E-state index is -1.46. The van der Waals surface area contributed by atoms with E-state index in [-0.39, 0.29) is 17.3 Å².